The van der Waals surface area contributed by atoms with Crippen LogP contribution >= 0.6 is 11.3 Å². The fourth-order valence-corrected chi connectivity index (χ4v) is 2.06. The molecule has 6 nitrogen and oxygen atoms in total. The van der Waals surface area contributed by atoms with Crippen molar-refractivity contribution in [2.75, 3.05) is 25.1 Å². The highest BCUT2D eigenvalue weighted by molar-refractivity contribution is 7.15. The van der Waals surface area contributed by atoms with Crippen molar-refractivity contribution in [2.24, 2.45) is 0 Å². The number of anilines is 1. The number of nitrogens with zero attached hydrogens (tertiary/aromatic N) is 2. The lowest BCUT2D eigenvalue weighted by Gasteiger charge is -2.22. The standard InChI is InChI=1S/C9H14N4O2S/c1-2-7-12-13-9(16-7)11-8(14)6-5-15-4-3-10-6/h6,10H,2-5H2,1H3,(H,11,13,14). The van der Waals surface area contributed by atoms with Gasteiger partial charge in [0.2, 0.25) is 11.0 Å². The zero-order valence-electron chi connectivity index (χ0n) is 9.02. The summed E-state index contributed by atoms with van der Waals surface area (Å²) in [5.41, 5.74) is 0. The molecule has 0 aromatic carbocycles. The molecule has 2 heterocycles. The molecule has 0 aliphatic carbocycles. The minimum absolute atomic E-state index is 0.112. The van der Waals surface area contributed by atoms with Gasteiger partial charge < -0.3 is 10.1 Å². The molecule has 1 aliphatic rings. The molecule has 1 aromatic heterocycles. The number of nitrogens with one attached hydrogen (secondary N) is 2. The van der Waals surface area contributed by atoms with E-state index in [0.29, 0.717) is 24.9 Å². The highest BCUT2D eigenvalue weighted by Crippen LogP contribution is 2.15. The Kier molecular flexibility index (Phi) is 3.81. The molecule has 1 fully saturated rings. The zero-order chi connectivity index (χ0) is 11.4. The summed E-state index contributed by atoms with van der Waals surface area (Å²) in [6, 6.07) is -0.289. The van der Waals surface area contributed by atoms with Gasteiger partial charge in [-0.25, -0.2) is 0 Å². The molecule has 1 unspecified atom stereocenters. The molecule has 1 aliphatic heterocycles. The van der Waals surface area contributed by atoms with Gasteiger partial charge >= 0.3 is 0 Å². The molecule has 1 aromatic rings. The van der Waals surface area contributed by atoms with E-state index in [-0.39, 0.29) is 11.9 Å². The molecule has 2 rings (SSSR count). The molecule has 0 saturated carbocycles. The van der Waals surface area contributed by atoms with Crippen LogP contribution in [0.2, 0.25) is 0 Å². The van der Waals surface area contributed by atoms with Gasteiger partial charge in [-0.1, -0.05) is 18.3 Å². The van der Waals surface area contributed by atoms with Crippen LogP contribution in [0.1, 0.15) is 11.9 Å². The van der Waals surface area contributed by atoms with E-state index < -0.39 is 0 Å². The molecular formula is C9H14N4O2S. The SMILES string of the molecule is CCc1nnc(NC(=O)C2COCCN2)s1. The van der Waals surface area contributed by atoms with Gasteiger partial charge in [-0.05, 0) is 6.42 Å². The predicted octanol–water partition coefficient (Wildman–Crippen LogP) is 0.0274. The van der Waals surface area contributed by atoms with Gasteiger partial charge in [0.1, 0.15) is 11.0 Å². The van der Waals surface area contributed by atoms with Crippen LogP contribution in [-0.4, -0.2) is 41.9 Å². The Bertz CT molecular complexity index is 362. The van der Waals surface area contributed by atoms with Crippen molar-refractivity contribution in [1.82, 2.24) is 15.5 Å². The van der Waals surface area contributed by atoms with Crippen molar-refractivity contribution in [2.45, 2.75) is 19.4 Å². The van der Waals surface area contributed by atoms with E-state index in [9.17, 15) is 4.79 Å². The Hall–Kier alpha value is -1.05. The first kappa shape index (κ1) is 11.4. The topological polar surface area (TPSA) is 76.1 Å². The van der Waals surface area contributed by atoms with E-state index in [2.05, 4.69) is 20.8 Å². The first-order valence-electron chi connectivity index (χ1n) is 5.24. The fourth-order valence-electron chi connectivity index (χ4n) is 1.37. The number of aryl methyl sites for hydroxylation is 1. The number of rotatable bonds is 3. The molecule has 2 N–H and O–H groups in total. The summed E-state index contributed by atoms with van der Waals surface area (Å²) in [6.07, 6.45) is 0.832. The van der Waals surface area contributed by atoms with Crippen LogP contribution in [0.4, 0.5) is 5.13 Å². The third-order valence-electron chi connectivity index (χ3n) is 2.24. The molecular weight excluding hydrogens is 228 g/mol. The van der Waals surface area contributed by atoms with E-state index in [1.807, 2.05) is 6.92 Å². The third kappa shape index (κ3) is 2.75. The molecule has 1 saturated heterocycles. The number of aromatic nitrogens is 2. The number of hydrogen-bond donors (Lipinski definition) is 2. The van der Waals surface area contributed by atoms with E-state index in [0.717, 1.165) is 11.4 Å². The molecule has 0 radical (unpaired) electrons. The predicted molar refractivity (Wildman–Crippen MR) is 60.5 cm³/mol. The van der Waals surface area contributed by atoms with Crippen LogP contribution in [0.3, 0.4) is 0 Å². The summed E-state index contributed by atoms with van der Waals surface area (Å²) in [5.74, 6) is -0.112. The molecule has 1 amide bonds. The lowest BCUT2D eigenvalue weighted by molar-refractivity contribution is -0.120. The summed E-state index contributed by atoms with van der Waals surface area (Å²) in [6.45, 7) is 3.77. The van der Waals surface area contributed by atoms with Gasteiger partial charge in [0.05, 0.1) is 13.2 Å². The molecule has 88 valence electrons. The first-order chi connectivity index (χ1) is 7.79. The van der Waals surface area contributed by atoms with Crippen LogP contribution in [0.15, 0.2) is 0 Å². The largest absolute Gasteiger partial charge is 0.378 e. The van der Waals surface area contributed by atoms with Gasteiger partial charge in [0.25, 0.3) is 0 Å². The second kappa shape index (κ2) is 5.33. The van der Waals surface area contributed by atoms with E-state index in [4.69, 9.17) is 4.74 Å². The second-order valence-electron chi connectivity index (χ2n) is 3.43. The molecule has 0 bridgehead atoms. The smallest absolute Gasteiger partial charge is 0.245 e. The van der Waals surface area contributed by atoms with E-state index in [1.165, 1.54) is 11.3 Å². The van der Waals surface area contributed by atoms with Crippen LogP contribution < -0.4 is 10.6 Å². The summed E-state index contributed by atoms with van der Waals surface area (Å²) in [4.78, 5) is 11.8. The summed E-state index contributed by atoms with van der Waals surface area (Å²) in [5, 5.41) is 15.1. The van der Waals surface area contributed by atoms with Gasteiger partial charge in [-0.3, -0.25) is 10.1 Å². The minimum Gasteiger partial charge on any atom is -0.378 e. The Morgan fingerprint density at radius 1 is 1.69 bits per heavy atom. The van der Waals surface area contributed by atoms with Crippen LogP contribution in [-0.2, 0) is 16.0 Å². The average molecular weight is 242 g/mol. The van der Waals surface area contributed by atoms with Crippen LogP contribution in [0.5, 0.6) is 0 Å². The molecule has 7 heteroatoms. The first-order valence-corrected chi connectivity index (χ1v) is 6.05. The number of amides is 1. The van der Waals surface area contributed by atoms with E-state index >= 15 is 0 Å². The number of carbonyl (C=O) groups is 1. The van der Waals surface area contributed by atoms with Gasteiger partial charge in [0.15, 0.2) is 0 Å². The summed E-state index contributed by atoms with van der Waals surface area (Å²) < 4.78 is 5.21. The summed E-state index contributed by atoms with van der Waals surface area (Å²) in [7, 11) is 0. The maximum absolute atomic E-state index is 11.8. The Morgan fingerprint density at radius 3 is 3.19 bits per heavy atom. The van der Waals surface area contributed by atoms with Crippen molar-refractivity contribution in [3.63, 3.8) is 0 Å². The van der Waals surface area contributed by atoms with Crippen molar-refractivity contribution in [3.05, 3.63) is 5.01 Å². The van der Waals surface area contributed by atoms with Gasteiger partial charge in [-0.2, -0.15) is 0 Å². The minimum atomic E-state index is -0.289. The van der Waals surface area contributed by atoms with E-state index in [1.54, 1.807) is 0 Å². The normalized spacial score (nSPS) is 20.7. The summed E-state index contributed by atoms with van der Waals surface area (Å²) >= 11 is 1.40. The quantitative estimate of drug-likeness (QED) is 0.782. The Labute approximate surface area is 97.4 Å². The lowest BCUT2D eigenvalue weighted by Crippen LogP contribution is -2.48. The number of carbonyl (C=O) groups excluding carboxylic acids is 1. The monoisotopic (exact) mass is 242 g/mol. The van der Waals surface area contributed by atoms with Crippen molar-refractivity contribution in [1.29, 1.82) is 0 Å². The highest BCUT2D eigenvalue weighted by atomic mass is 32.1. The average Bonchev–Trinajstić information content (AvgIpc) is 2.78. The van der Waals surface area contributed by atoms with Gasteiger partial charge in [0, 0.05) is 6.54 Å². The maximum Gasteiger partial charge on any atom is 0.245 e. The maximum atomic E-state index is 11.8. The van der Waals surface area contributed by atoms with Crippen LogP contribution in [0, 0.1) is 0 Å². The van der Waals surface area contributed by atoms with Crippen LogP contribution in [0.25, 0.3) is 0 Å². The third-order valence-corrected chi connectivity index (χ3v) is 3.22. The fraction of sp³-hybridized carbons (Fsp3) is 0.667. The molecule has 0 spiro atoms. The lowest BCUT2D eigenvalue weighted by atomic mass is 10.2. The molecule has 1 atom stereocenters. The van der Waals surface area contributed by atoms with Gasteiger partial charge in [-0.15, -0.1) is 10.2 Å². The molecule has 16 heavy (non-hydrogen) atoms. The zero-order valence-corrected chi connectivity index (χ0v) is 9.84. The second-order valence-corrected chi connectivity index (χ2v) is 4.49. The van der Waals surface area contributed by atoms with Crippen molar-refractivity contribution < 1.29 is 9.53 Å². The van der Waals surface area contributed by atoms with Crippen molar-refractivity contribution in [3.8, 4) is 0 Å². The number of morpholine rings is 1. The highest BCUT2D eigenvalue weighted by Gasteiger charge is 2.22. The Morgan fingerprint density at radius 2 is 2.56 bits per heavy atom. The number of hydrogen-bond acceptors (Lipinski definition) is 6. The number of ether oxygens (including phenoxy) is 1. The van der Waals surface area contributed by atoms with Crippen molar-refractivity contribution >= 4 is 22.4 Å². The Balaban J connectivity index is 1.90.